The van der Waals surface area contributed by atoms with E-state index in [1.165, 1.54) is 7.11 Å². The zero-order valence-electron chi connectivity index (χ0n) is 15.6. The third kappa shape index (κ3) is 5.04. The Morgan fingerprint density at radius 2 is 1.63 bits per heavy atom. The fraction of sp³-hybridized carbons (Fsp3) is 0.286. The Labute approximate surface area is 167 Å². The number of benzene rings is 2. The number of ether oxygens (including phenoxy) is 1. The molecule has 1 amide bonds. The molecule has 0 N–H and O–H groups in total. The van der Waals surface area contributed by atoms with Gasteiger partial charge in [-0.1, -0.05) is 41.1 Å². The van der Waals surface area contributed by atoms with Crippen molar-refractivity contribution in [3.05, 3.63) is 69.7 Å². The molecule has 5 nitrogen and oxygen atoms in total. The monoisotopic (exact) mass is 431 g/mol. The fourth-order valence-corrected chi connectivity index (χ4v) is 3.02. The minimum absolute atomic E-state index is 0.219. The van der Waals surface area contributed by atoms with Crippen molar-refractivity contribution < 1.29 is 19.1 Å². The van der Waals surface area contributed by atoms with E-state index in [0.717, 1.165) is 4.47 Å². The van der Waals surface area contributed by atoms with E-state index >= 15 is 0 Å². The standard InChI is InChI=1S/C21H22BrNO4/c1-4-23(13-14(2)21(26)27-3)20(25)18-8-6-5-7-17(18)19(24)15-9-11-16(22)12-10-15/h5-12,14H,4,13H2,1-3H3. The molecule has 0 saturated carbocycles. The zero-order valence-corrected chi connectivity index (χ0v) is 17.2. The second-order valence-corrected chi connectivity index (χ2v) is 7.07. The number of nitrogens with zero attached hydrogens (tertiary/aromatic N) is 1. The molecule has 142 valence electrons. The van der Waals surface area contributed by atoms with Crippen molar-refractivity contribution in [1.29, 1.82) is 0 Å². The van der Waals surface area contributed by atoms with Crippen LogP contribution < -0.4 is 0 Å². The predicted octanol–water partition coefficient (Wildman–Crippen LogP) is 3.95. The molecule has 0 fully saturated rings. The molecule has 6 heteroatoms. The van der Waals surface area contributed by atoms with Crippen molar-refractivity contribution in [2.75, 3.05) is 20.2 Å². The molecule has 0 aliphatic heterocycles. The van der Waals surface area contributed by atoms with Crippen LogP contribution in [0.25, 0.3) is 0 Å². The highest BCUT2D eigenvalue weighted by atomic mass is 79.9. The molecule has 0 saturated heterocycles. The molecule has 2 rings (SSSR count). The number of rotatable bonds is 7. The van der Waals surface area contributed by atoms with Gasteiger partial charge in [0.25, 0.3) is 5.91 Å². The molecule has 0 radical (unpaired) electrons. The average molecular weight is 432 g/mol. The van der Waals surface area contributed by atoms with Gasteiger partial charge in [0.1, 0.15) is 0 Å². The minimum Gasteiger partial charge on any atom is -0.469 e. The van der Waals surface area contributed by atoms with E-state index in [9.17, 15) is 14.4 Å². The second-order valence-electron chi connectivity index (χ2n) is 6.15. The average Bonchev–Trinajstić information content (AvgIpc) is 2.70. The molecule has 1 atom stereocenters. The van der Waals surface area contributed by atoms with Crippen molar-refractivity contribution in [3.8, 4) is 0 Å². The Bertz CT molecular complexity index is 832. The van der Waals surface area contributed by atoms with Crippen LogP contribution in [0.4, 0.5) is 0 Å². The van der Waals surface area contributed by atoms with Gasteiger partial charge in [0.2, 0.25) is 0 Å². The van der Waals surface area contributed by atoms with Crippen LogP contribution in [0.2, 0.25) is 0 Å². The van der Waals surface area contributed by atoms with Crippen molar-refractivity contribution in [1.82, 2.24) is 4.90 Å². The first-order chi connectivity index (χ1) is 12.9. The molecule has 0 heterocycles. The smallest absolute Gasteiger partial charge is 0.310 e. The van der Waals surface area contributed by atoms with Crippen molar-refractivity contribution >= 4 is 33.6 Å². The van der Waals surface area contributed by atoms with Gasteiger partial charge in [0.05, 0.1) is 18.6 Å². The number of carbonyl (C=O) groups excluding carboxylic acids is 3. The summed E-state index contributed by atoms with van der Waals surface area (Å²) in [6.07, 6.45) is 0. The van der Waals surface area contributed by atoms with Crippen LogP contribution in [-0.4, -0.2) is 42.8 Å². The number of ketones is 1. The lowest BCUT2D eigenvalue weighted by Crippen LogP contribution is -2.37. The Morgan fingerprint density at radius 3 is 2.19 bits per heavy atom. The normalized spacial score (nSPS) is 11.6. The molecule has 0 spiro atoms. The van der Waals surface area contributed by atoms with Gasteiger partial charge in [0, 0.05) is 28.7 Å². The largest absolute Gasteiger partial charge is 0.469 e. The minimum atomic E-state index is -0.451. The Hall–Kier alpha value is -2.47. The van der Waals surface area contributed by atoms with E-state index in [2.05, 4.69) is 15.9 Å². The van der Waals surface area contributed by atoms with Crippen molar-refractivity contribution in [3.63, 3.8) is 0 Å². The number of hydrogen-bond acceptors (Lipinski definition) is 4. The fourth-order valence-electron chi connectivity index (χ4n) is 2.76. The lowest BCUT2D eigenvalue weighted by atomic mass is 9.97. The van der Waals surface area contributed by atoms with E-state index in [1.807, 2.05) is 6.92 Å². The summed E-state index contributed by atoms with van der Waals surface area (Å²) in [5.41, 5.74) is 1.17. The van der Waals surface area contributed by atoms with Gasteiger partial charge in [-0.25, -0.2) is 0 Å². The van der Waals surface area contributed by atoms with E-state index < -0.39 is 5.92 Å². The highest BCUT2D eigenvalue weighted by molar-refractivity contribution is 9.10. The topological polar surface area (TPSA) is 63.7 Å². The molecule has 0 bridgehead atoms. The van der Waals surface area contributed by atoms with Crippen LogP contribution in [-0.2, 0) is 9.53 Å². The Morgan fingerprint density at radius 1 is 1.04 bits per heavy atom. The van der Waals surface area contributed by atoms with Crippen LogP contribution in [0, 0.1) is 5.92 Å². The maximum absolute atomic E-state index is 13.0. The molecule has 0 aliphatic rings. The second kappa shape index (κ2) is 9.46. The summed E-state index contributed by atoms with van der Waals surface area (Å²) in [5, 5.41) is 0. The molecule has 2 aromatic carbocycles. The van der Waals surface area contributed by atoms with E-state index in [0.29, 0.717) is 23.2 Å². The van der Waals surface area contributed by atoms with Crippen molar-refractivity contribution in [2.45, 2.75) is 13.8 Å². The summed E-state index contributed by atoms with van der Waals surface area (Å²) in [5.74, 6) is -1.33. The molecule has 27 heavy (non-hydrogen) atoms. The zero-order chi connectivity index (χ0) is 20.0. The first-order valence-electron chi connectivity index (χ1n) is 8.65. The van der Waals surface area contributed by atoms with E-state index in [1.54, 1.807) is 60.4 Å². The van der Waals surface area contributed by atoms with Gasteiger partial charge in [-0.2, -0.15) is 0 Å². The number of halogens is 1. The number of methoxy groups -OCH3 is 1. The first kappa shape index (κ1) is 20.8. The van der Waals surface area contributed by atoms with Gasteiger partial charge in [-0.05, 0) is 37.3 Å². The third-order valence-corrected chi connectivity index (χ3v) is 4.80. The van der Waals surface area contributed by atoms with Gasteiger partial charge >= 0.3 is 5.97 Å². The van der Waals surface area contributed by atoms with Gasteiger partial charge in [-0.15, -0.1) is 0 Å². The number of amides is 1. The summed E-state index contributed by atoms with van der Waals surface area (Å²) in [7, 11) is 1.32. The maximum Gasteiger partial charge on any atom is 0.310 e. The molecular weight excluding hydrogens is 410 g/mol. The first-order valence-corrected chi connectivity index (χ1v) is 9.44. The summed E-state index contributed by atoms with van der Waals surface area (Å²) in [6.45, 7) is 4.19. The van der Waals surface area contributed by atoms with Crippen LogP contribution in [0.5, 0.6) is 0 Å². The van der Waals surface area contributed by atoms with Crippen molar-refractivity contribution in [2.24, 2.45) is 5.92 Å². The highest BCUT2D eigenvalue weighted by Crippen LogP contribution is 2.19. The van der Waals surface area contributed by atoms with Gasteiger partial charge in [0.15, 0.2) is 5.78 Å². The number of esters is 1. The number of carbonyl (C=O) groups is 3. The lowest BCUT2D eigenvalue weighted by Gasteiger charge is -2.24. The highest BCUT2D eigenvalue weighted by Gasteiger charge is 2.25. The molecule has 1 unspecified atom stereocenters. The van der Waals surface area contributed by atoms with E-state index in [4.69, 9.17) is 4.74 Å². The summed E-state index contributed by atoms with van der Waals surface area (Å²) < 4.78 is 5.61. The van der Waals surface area contributed by atoms with Crippen LogP contribution in [0.3, 0.4) is 0 Å². The Balaban J connectivity index is 2.32. The van der Waals surface area contributed by atoms with Crippen LogP contribution in [0.15, 0.2) is 53.0 Å². The van der Waals surface area contributed by atoms with Gasteiger partial charge in [-0.3, -0.25) is 14.4 Å². The SMILES string of the molecule is CCN(CC(C)C(=O)OC)C(=O)c1ccccc1C(=O)c1ccc(Br)cc1. The summed E-state index contributed by atoms with van der Waals surface area (Å²) in [6, 6.07) is 13.7. The molecular formula is C21H22BrNO4. The summed E-state index contributed by atoms with van der Waals surface area (Å²) in [4.78, 5) is 39.2. The molecule has 2 aromatic rings. The quantitative estimate of drug-likeness (QED) is 0.491. The number of hydrogen-bond donors (Lipinski definition) is 0. The van der Waals surface area contributed by atoms with E-state index in [-0.39, 0.29) is 24.2 Å². The van der Waals surface area contributed by atoms with Crippen LogP contribution in [0.1, 0.15) is 40.1 Å². The molecule has 0 aliphatic carbocycles. The van der Waals surface area contributed by atoms with Gasteiger partial charge < -0.3 is 9.64 Å². The Kier molecular flexibility index (Phi) is 7.30. The predicted molar refractivity (Wildman–Crippen MR) is 107 cm³/mol. The van der Waals surface area contributed by atoms with Crippen LogP contribution >= 0.6 is 15.9 Å². The molecule has 0 aromatic heterocycles. The maximum atomic E-state index is 13.0. The lowest BCUT2D eigenvalue weighted by molar-refractivity contribution is -0.145. The summed E-state index contributed by atoms with van der Waals surface area (Å²) >= 11 is 3.35. The third-order valence-electron chi connectivity index (χ3n) is 4.28.